The van der Waals surface area contributed by atoms with Crippen LogP contribution in [0.3, 0.4) is 0 Å². The van der Waals surface area contributed by atoms with Gasteiger partial charge < -0.3 is 13.9 Å². The molecule has 0 saturated carbocycles. The number of aromatic nitrogens is 1. The summed E-state index contributed by atoms with van der Waals surface area (Å²) in [6.45, 7) is 2.72. The number of methoxy groups -OCH3 is 1. The second-order valence-corrected chi connectivity index (χ2v) is 9.22. The van der Waals surface area contributed by atoms with Crippen molar-refractivity contribution < 1.29 is 13.9 Å². The summed E-state index contributed by atoms with van der Waals surface area (Å²) in [6.07, 6.45) is 3.74. The van der Waals surface area contributed by atoms with Gasteiger partial charge in [-0.3, -0.25) is 0 Å². The molecule has 0 aliphatic rings. The van der Waals surface area contributed by atoms with Crippen LogP contribution in [0.4, 0.5) is 0 Å². The van der Waals surface area contributed by atoms with E-state index in [9.17, 15) is 10.1 Å². The predicted octanol–water partition coefficient (Wildman–Crippen LogP) is 6.93. The van der Waals surface area contributed by atoms with E-state index in [-0.39, 0.29) is 0 Å². The Balaban J connectivity index is 1.65. The maximum Gasteiger partial charge on any atom is 0.345 e. The van der Waals surface area contributed by atoms with Crippen molar-refractivity contribution in [2.75, 3.05) is 13.7 Å². The van der Waals surface area contributed by atoms with E-state index in [1.807, 2.05) is 30.3 Å². The molecule has 8 heteroatoms. The smallest absolute Gasteiger partial charge is 0.345 e. The first-order chi connectivity index (χ1) is 16.5. The number of allylic oxidation sites excluding steroid dienone is 1. The summed E-state index contributed by atoms with van der Waals surface area (Å²) >= 11 is 4.72. The maximum atomic E-state index is 12.5. The molecule has 0 fully saturated rings. The molecule has 0 unspecified atom stereocenters. The van der Waals surface area contributed by atoms with Gasteiger partial charge in [-0.15, -0.1) is 11.3 Å². The molecule has 0 saturated heterocycles. The summed E-state index contributed by atoms with van der Waals surface area (Å²) in [7, 11) is 1.58. The number of nitrogens with zero attached hydrogens (tertiary/aromatic N) is 2. The van der Waals surface area contributed by atoms with Gasteiger partial charge in [-0.2, -0.15) is 5.26 Å². The Morgan fingerprint density at radius 3 is 2.85 bits per heavy atom. The van der Waals surface area contributed by atoms with Gasteiger partial charge >= 0.3 is 5.63 Å². The zero-order valence-electron chi connectivity index (χ0n) is 18.6. The number of nitriles is 1. The highest BCUT2D eigenvalue weighted by atomic mass is 79.9. The fraction of sp³-hybridized carbons (Fsp3) is 0.192. The van der Waals surface area contributed by atoms with Gasteiger partial charge in [-0.1, -0.05) is 35.3 Å². The summed E-state index contributed by atoms with van der Waals surface area (Å²) in [5.74, 6) is 1.26. The molecule has 2 aromatic heterocycles. The average molecular weight is 537 g/mol. The molecular weight excluding hydrogens is 516 g/mol. The predicted molar refractivity (Wildman–Crippen MR) is 138 cm³/mol. The summed E-state index contributed by atoms with van der Waals surface area (Å²) in [4.78, 5) is 17.1. The van der Waals surface area contributed by atoms with E-state index in [2.05, 4.69) is 33.9 Å². The molecule has 6 nitrogen and oxygen atoms in total. The number of benzene rings is 2. The van der Waals surface area contributed by atoms with Gasteiger partial charge in [-0.25, -0.2) is 9.78 Å². The van der Waals surface area contributed by atoms with Gasteiger partial charge in [0.05, 0.1) is 30.5 Å². The first kappa shape index (κ1) is 23.7. The quantitative estimate of drug-likeness (QED) is 0.138. The van der Waals surface area contributed by atoms with Crippen molar-refractivity contribution in [3.8, 4) is 28.8 Å². The third-order valence-electron chi connectivity index (χ3n) is 5.08. The number of halogens is 1. The summed E-state index contributed by atoms with van der Waals surface area (Å²) < 4.78 is 17.6. The molecule has 0 bridgehead atoms. The van der Waals surface area contributed by atoms with Crippen LogP contribution < -0.4 is 15.1 Å². The minimum atomic E-state index is -0.474. The Kier molecular flexibility index (Phi) is 7.46. The highest BCUT2D eigenvalue weighted by Crippen LogP contribution is 2.32. The topological polar surface area (TPSA) is 85.4 Å². The van der Waals surface area contributed by atoms with E-state index in [1.165, 1.54) is 11.3 Å². The lowest BCUT2D eigenvalue weighted by molar-refractivity contribution is 0.288. The molecule has 4 rings (SSSR count). The minimum absolute atomic E-state index is 0.348. The number of ether oxygens (including phenoxy) is 2. The molecule has 0 N–H and O–H groups in total. The molecule has 172 valence electrons. The standard InChI is InChI=1S/C26H21BrN2O4S/c1-3-4-9-32-23-7-5-16(11-24(23)31-2)10-18(14-28)25-29-21(15-34-25)20-13-17-12-19(27)6-8-22(17)33-26(20)30/h5-8,10-13,15H,3-4,9H2,1-2H3. The molecule has 4 aromatic rings. The number of unbranched alkanes of at least 4 members (excludes halogenated alkanes) is 1. The van der Waals surface area contributed by atoms with E-state index >= 15 is 0 Å². The van der Waals surface area contributed by atoms with Crippen LogP contribution in [0.25, 0.3) is 33.9 Å². The SMILES string of the molecule is CCCCOc1ccc(C=C(C#N)c2nc(-c3cc4cc(Br)ccc4oc3=O)cs2)cc1OC. The second kappa shape index (κ2) is 10.7. The van der Waals surface area contributed by atoms with E-state index in [0.717, 1.165) is 28.3 Å². The summed E-state index contributed by atoms with van der Waals surface area (Å²) in [5.41, 5.74) is 2.00. The molecule has 2 aromatic carbocycles. The molecule has 0 radical (unpaired) electrons. The fourth-order valence-electron chi connectivity index (χ4n) is 3.32. The van der Waals surface area contributed by atoms with Gasteiger partial charge in [0.2, 0.25) is 0 Å². The molecule has 0 aliphatic carbocycles. The largest absolute Gasteiger partial charge is 0.493 e. The number of fused-ring (bicyclic) bond motifs is 1. The number of rotatable bonds is 8. The fourth-order valence-corrected chi connectivity index (χ4v) is 4.49. The van der Waals surface area contributed by atoms with Crippen LogP contribution in [-0.2, 0) is 0 Å². The zero-order chi connectivity index (χ0) is 24.1. The minimum Gasteiger partial charge on any atom is -0.493 e. The lowest BCUT2D eigenvalue weighted by Gasteiger charge is -2.11. The van der Waals surface area contributed by atoms with Crippen molar-refractivity contribution in [2.45, 2.75) is 19.8 Å². The highest BCUT2D eigenvalue weighted by Gasteiger charge is 2.14. The summed E-state index contributed by atoms with van der Waals surface area (Å²) in [6, 6.07) is 14.9. The van der Waals surface area contributed by atoms with Gasteiger partial charge in [-0.05, 0) is 54.5 Å². The number of hydrogen-bond acceptors (Lipinski definition) is 7. The Morgan fingerprint density at radius 1 is 1.24 bits per heavy atom. The Labute approximate surface area is 209 Å². The van der Waals surface area contributed by atoms with Crippen LogP contribution in [-0.4, -0.2) is 18.7 Å². The normalized spacial score (nSPS) is 11.4. The average Bonchev–Trinajstić information content (AvgIpc) is 3.33. The van der Waals surface area contributed by atoms with Gasteiger partial charge in [0, 0.05) is 15.2 Å². The van der Waals surface area contributed by atoms with Gasteiger partial charge in [0.25, 0.3) is 0 Å². The van der Waals surface area contributed by atoms with Crippen LogP contribution in [0.2, 0.25) is 0 Å². The third-order valence-corrected chi connectivity index (χ3v) is 6.45. The molecule has 0 atom stereocenters. The highest BCUT2D eigenvalue weighted by molar-refractivity contribution is 9.10. The van der Waals surface area contributed by atoms with Crippen molar-refractivity contribution >= 4 is 49.9 Å². The molecular formula is C26H21BrN2O4S. The van der Waals surface area contributed by atoms with Crippen molar-refractivity contribution in [1.29, 1.82) is 5.26 Å². The molecule has 0 amide bonds. The maximum absolute atomic E-state index is 12.5. The van der Waals surface area contributed by atoms with Crippen LogP contribution in [0.15, 0.2) is 61.5 Å². The first-order valence-corrected chi connectivity index (χ1v) is 12.3. The van der Waals surface area contributed by atoms with Gasteiger partial charge in [0.15, 0.2) is 11.5 Å². The summed E-state index contributed by atoms with van der Waals surface area (Å²) in [5, 5.41) is 12.8. The Morgan fingerprint density at radius 2 is 2.09 bits per heavy atom. The van der Waals surface area contributed by atoms with Crippen LogP contribution in [0.5, 0.6) is 11.5 Å². The number of hydrogen-bond donors (Lipinski definition) is 0. The molecule has 2 heterocycles. The number of thiazole rings is 1. The van der Waals surface area contributed by atoms with Crippen molar-refractivity contribution in [3.63, 3.8) is 0 Å². The van der Waals surface area contributed by atoms with Crippen LogP contribution in [0.1, 0.15) is 30.3 Å². The molecule has 0 spiro atoms. The van der Waals surface area contributed by atoms with Crippen molar-refractivity contribution in [3.05, 3.63) is 73.3 Å². The first-order valence-electron chi connectivity index (χ1n) is 10.6. The Hall–Kier alpha value is -3.41. The van der Waals surface area contributed by atoms with E-state index in [4.69, 9.17) is 13.9 Å². The van der Waals surface area contributed by atoms with Crippen LogP contribution in [0, 0.1) is 11.3 Å². The van der Waals surface area contributed by atoms with E-state index < -0.39 is 5.63 Å². The molecule has 34 heavy (non-hydrogen) atoms. The van der Waals surface area contributed by atoms with Crippen molar-refractivity contribution in [2.24, 2.45) is 0 Å². The van der Waals surface area contributed by atoms with Crippen molar-refractivity contribution in [1.82, 2.24) is 4.98 Å². The lowest BCUT2D eigenvalue weighted by atomic mass is 10.1. The van der Waals surface area contributed by atoms with Crippen LogP contribution >= 0.6 is 27.3 Å². The second-order valence-electron chi connectivity index (χ2n) is 7.45. The lowest BCUT2D eigenvalue weighted by Crippen LogP contribution is -2.03. The third kappa shape index (κ3) is 5.22. The van der Waals surface area contributed by atoms with Gasteiger partial charge in [0.1, 0.15) is 16.7 Å². The van der Waals surface area contributed by atoms with E-state index in [0.29, 0.717) is 45.5 Å². The Bertz CT molecular complexity index is 1470. The monoisotopic (exact) mass is 536 g/mol. The van der Waals surface area contributed by atoms with E-state index in [1.54, 1.807) is 30.7 Å². The zero-order valence-corrected chi connectivity index (χ0v) is 21.0. The molecule has 0 aliphatic heterocycles.